The quantitative estimate of drug-likeness (QED) is 0.235. The first-order chi connectivity index (χ1) is 17.3. The summed E-state index contributed by atoms with van der Waals surface area (Å²) >= 11 is 0.982. The molecule has 184 valence electrons. The molecule has 36 heavy (non-hydrogen) atoms. The summed E-state index contributed by atoms with van der Waals surface area (Å²) in [6, 6.07) is 13.3. The summed E-state index contributed by atoms with van der Waals surface area (Å²) in [6.07, 6.45) is 0.705. The smallest absolute Gasteiger partial charge is 0.350 e. The van der Waals surface area contributed by atoms with Crippen molar-refractivity contribution in [3.05, 3.63) is 81.4 Å². The molecule has 5 rings (SSSR count). The van der Waals surface area contributed by atoms with E-state index >= 15 is 0 Å². The van der Waals surface area contributed by atoms with E-state index in [9.17, 15) is 19.5 Å². The van der Waals surface area contributed by atoms with Gasteiger partial charge in [0, 0.05) is 12.0 Å². The molecular formula is C27H24N2O6S. The van der Waals surface area contributed by atoms with Gasteiger partial charge in [-0.25, -0.2) is 9.78 Å². The molecule has 0 bridgehead atoms. The van der Waals surface area contributed by atoms with Crippen LogP contribution in [-0.2, 0) is 20.7 Å². The number of carbonyl (C=O) groups excluding carboxylic acids is 3. The summed E-state index contributed by atoms with van der Waals surface area (Å²) < 4.78 is 10.9. The van der Waals surface area contributed by atoms with Gasteiger partial charge in [-0.3, -0.25) is 14.5 Å². The number of aliphatic hydroxyl groups excluding tert-OH is 1. The minimum atomic E-state index is -0.921. The van der Waals surface area contributed by atoms with Crippen molar-refractivity contribution in [2.24, 2.45) is 0 Å². The number of esters is 1. The second kappa shape index (κ2) is 9.23. The van der Waals surface area contributed by atoms with Crippen LogP contribution in [0.3, 0.4) is 0 Å². The highest BCUT2D eigenvalue weighted by molar-refractivity contribution is 7.17. The maximum atomic E-state index is 13.4. The Morgan fingerprint density at radius 3 is 2.69 bits per heavy atom. The van der Waals surface area contributed by atoms with Crippen LogP contribution in [-0.4, -0.2) is 40.5 Å². The van der Waals surface area contributed by atoms with Gasteiger partial charge in [0.05, 0.1) is 23.9 Å². The number of ether oxygens (including phenoxy) is 2. The van der Waals surface area contributed by atoms with Gasteiger partial charge in [0.25, 0.3) is 5.78 Å². The Balaban J connectivity index is 1.65. The zero-order valence-corrected chi connectivity index (χ0v) is 20.8. The van der Waals surface area contributed by atoms with Crippen LogP contribution in [0, 0.1) is 6.92 Å². The van der Waals surface area contributed by atoms with Gasteiger partial charge in [-0.1, -0.05) is 41.7 Å². The van der Waals surface area contributed by atoms with E-state index in [0.717, 1.165) is 22.6 Å². The fourth-order valence-electron chi connectivity index (χ4n) is 4.58. The molecule has 8 nitrogen and oxygen atoms in total. The predicted molar refractivity (Wildman–Crippen MR) is 134 cm³/mol. The summed E-state index contributed by atoms with van der Waals surface area (Å²) in [5.41, 5.74) is 2.33. The number of amides is 1. The van der Waals surface area contributed by atoms with Gasteiger partial charge in [0.1, 0.15) is 22.5 Å². The lowest BCUT2D eigenvalue weighted by Crippen LogP contribution is -2.29. The molecule has 0 spiro atoms. The van der Waals surface area contributed by atoms with Crippen LogP contribution in [0.25, 0.3) is 5.76 Å². The van der Waals surface area contributed by atoms with Crippen molar-refractivity contribution in [3.63, 3.8) is 0 Å². The van der Waals surface area contributed by atoms with Gasteiger partial charge in [-0.05, 0) is 50.1 Å². The van der Waals surface area contributed by atoms with Crippen molar-refractivity contribution in [1.29, 1.82) is 0 Å². The molecule has 0 radical (unpaired) electrons. The number of aryl methyl sites for hydroxylation is 1. The number of rotatable bonds is 5. The van der Waals surface area contributed by atoms with E-state index in [0.29, 0.717) is 23.2 Å². The SMILES string of the molecule is CCOC(=O)c1sc(N2C(=O)C(=O)/C(=C(\O)c3ccc4c(c3)CC(C)O4)C2c2ccccc2)nc1C. The molecule has 1 aromatic heterocycles. The number of aromatic nitrogens is 1. The number of carbonyl (C=O) groups is 3. The molecule has 9 heteroatoms. The third-order valence-electron chi connectivity index (χ3n) is 6.18. The van der Waals surface area contributed by atoms with Crippen molar-refractivity contribution in [1.82, 2.24) is 4.98 Å². The molecule has 3 aromatic rings. The molecular weight excluding hydrogens is 480 g/mol. The number of benzene rings is 2. The summed E-state index contributed by atoms with van der Waals surface area (Å²) in [5.74, 6) is -1.72. The van der Waals surface area contributed by atoms with Gasteiger partial charge in [0.2, 0.25) is 0 Å². The monoisotopic (exact) mass is 504 g/mol. The number of hydrogen-bond acceptors (Lipinski definition) is 8. The number of nitrogens with zero attached hydrogens (tertiary/aromatic N) is 2. The van der Waals surface area contributed by atoms with Gasteiger partial charge in [-0.2, -0.15) is 0 Å². The van der Waals surface area contributed by atoms with Crippen LogP contribution in [0.15, 0.2) is 54.1 Å². The largest absolute Gasteiger partial charge is 0.507 e. The maximum Gasteiger partial charge on any atom is 0.350 e. The van der Waals surface area contributed by atoms with E-state index in [1.54, 1.807) is 56.3 Å². The van der Waals surface area contributed by atoms with Crippen LogP contribution >= 0.6 is 11.3 Å². The van der Waals surface area contributed by atoms with Crippen LogP contribution in [0.4, 0.5) is 5.13 Å². The third-order valence-corrected chi connectivity index (χ3v) is 7.32. The molecule has 2 aliphatic heterocycles. The average molecular weight is 505 g/mol. The zero-order chi connectivity index (χ0) is 25.6. The number of Topliss-reactive ketones (excluding diaryl/α,β-unsaturated/α-hetero) is 1. The average Bonchev–Trinajstić information content (AvgIpc) is 3.51. The van der Waals surface area contributed by atoms with Crippen LogP contribution < -0.4 is 9.64 Å². The first-order valence-corrected chi connectivity index (χ1v) is 12.4. The Labute approximate surface area is 211 Å². The molecule has 1 fully saturated rings. The van der Waals surface area contributed by atoms with Crippen LogP contribution in [0.1, 0.15) is 51.9 Å². The van der Waals surface area contributed by atoms with Gasteiger partial charge in [-0.15, -0.1) is 0 Å². The first kappa shape index (κ1) is 23.7. The Bertz CT molecular complexity index is 1410. The highest BCUT2D eigenvalue weighted by Crippen LogP contribution is 2.44. The minimum Gasteiger partial charge on any atom is -0.507 e. The summed E-state index contributed by atoms with van der Waals surface area (Å²) in [7, 11) is 0. The fraction of sp³-hybridized carbons (Fsp3) is 0.259. The van der Waals surface area contributed by atoms with E-state index in [-0.39, 0.29) is 34.1 Å². The maximum absolute atomic E-state index is 13.4. The molecule has 1 saturated heterocycles. The highest BCUT2D eigenvalue weighted by Gasteiger charge is 2.48. The molecule has 2 atom stereocenters. The number of thiazole rings is 1. The van der Waals surface area contributed by atoms with Crippen molar-refractivity contribution in [2.75, 3.05) is 11.5 Å². The Morgan fingerprint density at radius 2 is 1.97 bits per heavy atom. The lowest BCUT2D eigenvalue weighted by molar-refractivity contribution is -0.132. The standard InChI is InChI=1S/C27H24N2O6S/c1-4-34-26(33)24-15(3)28-27(36-24)29-21(16-8-6-5-7-9-16)20(23(31)25(29)32)22(30)17-10-11-19-18(13-17)12-14(2)35-19/h5-11,13-14,21,30H,4,12H2,1-3H3/b22-20-. The topological polar surface area (TPSA) is 106 Å². The number of aliphatic hydroxyl groups is 1. The lowest BCUT2D eigenvalue weighted by atomic mass is 9.94. The Morgan fingerprint density at radius 1 is 1.22 bits per heavy atom. The number of ketones is 1. The molecule has 0 saturated carbocycles. The summed E-state index contributed by atoms with van der Waals surface area (Å²) in [4.78, 5) is 45.0. The second-order valence-electron chi connectivity index (χ2n) is 8.67. The third kappa shape index (κ3) is 3.95. The van der Waals surface area contributed by atoms with Gasteiger partial charge < -0.3 is 14.6 Å². The van der Waals surface area contributed by atoms with Crippen LogP contribution in [0.5, 0.6) is 5.75 Å². The molecule has 1 amide bonds. The van der Waals surface area contributed by atoms with Crippen molar-refractivity contribution < 1.29 is 29.0 Å². The van der Waals surface area contributed by atoms with Crippen molar-refractivity contribution in [3.8, 4) is 5.75 Å². The predicted octanol–water partition coefficient (Wildman–Crippen LogP) is 4.58. The molecule has 2 unspecified atom stereocenters. The number of fused-ring (bicyclic) bond motifs is 1. The minimum absolute atomic E-state index is 0.0223. The van der Waals surface area contributed by atoms with E-state index in [1.807, 2.05) is 13.0 Å². The van der Waals surface area contributed by atoms with Gasteiger partial charge >= 0.3 is 11.9 Å². The summed E-state index contributed by atoms with van der Waals surface area (Å²) in [5, 5.41) is 11.6. The number of anilines is 1. The number of hydrogen-bond donors (Lipinski definition) is 1. The van der Waals surface area contributed by atoms with Crippen LogP contribution in [0.2, 0.25) is 0 Å². The summed E-state index contributed by atoms with van der Waals surface area (Å²) in [6.45, 7) is 5.51. The normalized spacial score (nSPS) is 20.4. The molecule has 0 aliphatic carbocycles. The first-order valence-electron chi connectivity index (χ1n) is 11.6. The zero-order valence-electron chi connectivity index (χ0n) is 20.0. The van der Waals surface area contributed by atoms with E-state index in [2.05, 4.69) is 4.98 Å². The molecule has 1 N–H and O–H groups in total. The molecule has 3 heterocycles. The van der Waals surface area contributed by atoms with E-state index in [4.69, 9.17) is 9.47 Å². The molecule has 2 aromatic carbocycles. The van der Waals surface area contributed by atoms with Crippen molar-refractivity contribution >= 4 is 39.9 Å². The second-order valence-corrected chi connectivity index (χ2v) is 9.64. The Hall–Kier alpha value is -3.98. The van der Waals surface area contributed by atoms with E-state index in [1.165, 1.54) is 4.90 Å². The molecule has 2 aliphatic rings. The lowest BCUT2D eigenvalue weighted by Gasteiger charge is -2.23. The van der Waals surface area contributed by atoms with Crippen molar-refractivity contribution in [2.45, 2.75) is 39.3 Å². The van der Waals surface area contributed by atoms with E-state index < -0.39 is 23.7 Å². The van der Waals surface area contributed by atoms with Gasteiger partial charge in [0.15, 0.2) is 5.13 Å². The Kier molecular flexibility index (Phi) is 6.09. The highest BCUT2D eigenvalue weighted by atomic mass is 32.1. The fourth-order valence-corrected chi connectivity index (χ4v) is 5.56.